The molecule has 1 aliphatic heterocycles. The van der Waals surface area contributed by atoms with Crippen LogP contribution in [0, 0.1) is 0 Å². The van der Waals surface area contributed by atoms with Gasteiger partial charge in [-0.2, -0.15) is 0 Å². The lowest BCUT2D eigenvalue weighted by Gasteiger charge is -1.99. The minimum absolute atomic E-state index is 0.329. The van der Waals surface area contributed by atoms with E-state index >= 15 is 0 Å². The molecule has 8 heavy (non-hydrogen) atoms. The normalized spacial score (nSPS) is 28.0. The highest BCUT2D eigenvalue weighted by atomic mass is 31.2. The van der Waals surface area contributed by atoms with Gasteiger partial charge in [0, 0.05) is 6.16 Å². The molecular weight excluding hydrogens is 123 g/mol. The topological polar surface area (TPSA) is 29.6 Å². The van der Waals surface area contributed by atoms with Crippen molar-refractivity contribution in [3.05, 3.63) is 0 Å². The van der Waals surface area contributed by atoms with Crippen molar-refractivity contribution >= 4 is 7.14 Å². The molecule has 0 aromatic heterocycles. The summed E-state index contributed by atoms with van der Waals surface area (Å²) in [6.45, 7) is 4.43. The fourth-order valence-electron chi connectivity index (χ4n) is 0.664. The summed E-state index contributed by atoms with van der Waals surface area (Å²) in [6, 6.07) is 0. The van der Waals surface area contributed by atoms with E-state index in [0.717, 1.165) is 12.8 Å². The summed E-state index contributed by atoms with van der Waals surface area (Å²) in [7, 11) is -1.78. The highest BCUT2D eigenvalue weighted by Crippen LogP contribution is 2.39. The average molecular weight is 134 g/mol. The first-order valence-electron chi connectivity index (χ1n) is 2.73. The summed E-state index contributed by atoms with van der Waals surface area (Å²) >= 11 is 0. The molecule has 0 saturated carbocycles. The van der Waals surface area contributed by atoms with Gasteiger partial charge < -0.3 is 9.30 Å². The first-order chi connectivity index (χ1) is 3.58. The van der Waals surface area contributed by atoms with Crippen LogP contribution in [0.3, 0.4) is 0 Å². The third-order valence-corrected chi connectivity index (χ3v) is 2.33. The van der Waals surface area contributed by atoms with Crippen molar-refractivity contribution in [2.45, 2.75) is 6.10 Å². The molecular formula is C5H11O2P. The summed E-state index contributed by atoms with van der Waals surface area (Å²) in [5.74, 6) is 0. The van der Waals surface area contributed by atoms with Crippen LogP contribution in [0.1, 0.15) is 0 Å². The van der Waals surface area contributed by atoms with Crippen LogP contribution in [0.25, 0.3) is 0 Å². The smallest absolute Gasteiger partial charge is 0.0877 e. The molecule has 1 atom stereocenters. The Morgan fingerprint density at radius 3 is 2.38 bits per heavy atom. The van der Waals surface area contributed by atoms with Gasteiger partial charge in [0.1, 0.15) is 0 Å². The summed E-state index contributed by atoms with van der Waals surface area (Å²) in [5.41, 5.74) is 0. The second-order valence-corrected chi connectivity index (χ2v) is 6.22. The van der Waals surface area contributed by atoms with Crippen LogP contribution in [0.2, 0.25) is 0 Å². The molecule has 0 N–H and O–H groups in total. The van der Waals surface area contributed by atoms with Crippen molar-refractivity contribution < 1.29 is 9.30 Å². The Morgan fingerprint density at radius 1 is 1.75 bits per heavy atom. The monoisotopic (exact) mass is 134 g/mol. The number of rotatable bonds is 2. The zero-order valence-electron chi connectivity index (χ0n) is 5.26. The third-order valence-electron chi connectivity index (χ3n) is 1.05. The Kier molecular flexibility index (Phi) is 1.46. The number of hydrogen-bond donors (Lipinski definition) is 0. The third kappa shape index (κ3) is 2.49. The zero-order valence-corrected chi connectivity index (χ0v) is 6.15. The van der Waals surface area contributed by atoms with Crippen molar-refractivity contribution in [2.24, 2.45) is 0 Å². The number of ether oxygens (including phenoxy) is 1. The van der Waals surface area contributed by atoms with Crippen LogP contribution in [-0.4, -0.2) is 32.2 Å². The van der Waals surface area contributed by atoms with Crippen LogP contribution < -0.4 is 0 Å². The van der Waals surface area contributed by atoms with Crippen molar-refractivity contribution in [1.82, 2.24) is 0 Å². The van der Waals surface area contributed by atoms with E-state index in [2.05, 4.69) is 0 Å². The van der Waals surface area contributed by atoms with Crippen LogP contribution in [0.15, 0.2) is 0 Å². The van der Waals surface area contributed by atoms with E-state index in [9.17, 15) is 4.57 Å². The molecule has 1 heterocycles. The standard InChI is InChI=1S/C5H11O2P/c1-8(2,6)4-5-3-7-5/h5H,3-4H2,1-2H3. The van der Waals surface area contributed by atoms with Crippen LogP contribution in [-0.2, 0) is 9.30 Å². The minimum atomic E-state index is -1.78. The largest absolute Gasteiger partial charge is 0.373 e. The maximum Gasteiger partial charge on any atom is 0.0877 e. The molecule has 1 rings (SSSR count). The minimum Gasteiger partial charge on any atom is -0.373 e. The molecule has 3 heteroatoms. The van der Waals surface area contributed by atoms with Crippen LogP contribution >= 0.6 is 7.14 Å². The summed E-state index contributed by atoms with van der Waals surface area (Å²) in [4.78, 5) is 0. The fourth-order valence-corrected chi connectivity index (χ4v) is 1.86. The second kappa shape index (κ2) is 1.85. The van der Waals surface area contributed by atoms with E-state index < -0.39 is 7.14 Å². The van der Waals surface area contributed by atoms with Gasteiger partial charge in [-0.1, -0.05) is 0 Å². The number of epoxide rings is 1. The van der Waals surface area contributed by atoms with Gasteiger partial charge in [0.05, 0.1) is 19.9 Å². The first kappa shape index (κ1) is 6.31. The Bertz CT molecular complexity index is 122. The van der Waals surface area contributed by atoms with Gasteiger partial charge in [0.2, 0.25) is 0 Å². The van der Waals surface area contributed by atoms with Gasteiger partial charge in [-0.25, -0.2) is 0 Å². The quantitative estimate of drug-likeness (QED) is 0.416. The van der Waals surface area contributed by atoms with Crippen LogP contribution in [0.5, 0.6) is 0 Å². The Labute approximate surface area is 49.6 Å². The SMILES string of the molecule is CP(C)(=O)CC1CO1. The van der Waals surface area contributed by atoms with E-state index in [1.54, 1.807) is 13.3 Å². The maximum atomic E-state index is 11.0. The van der Waals surface area contributed by atoms with E-state index in [1.807, 2.05) is 0 Å². The lowest BCUT2D eigenvalue weighted by molar-refractivity contribution is 0.423. The Balaban J connectivity index is 2.26. The Hall–Kier alpha value is 0.190. The van der Waals surface area contributed by atoms with Gasteiger partial charge >= 0.3 is 0 Å². The fraction of sp³-hybridized carbons (Fsp3) is 1.00. The highest BCUT2D eigenvalue weighted by Gasteiger charge is 2.27. The molecule has 0 spiro atoms. The van der Waals surface area contributed by atoms with Crippen molar-refractivity contribution in [2.75, 3.05) is 26.1 Å². The molecule has 0 amide bonds. The molecule has 1 saturated heterocycles. The molecule has 48 valence electrons. The van der Waals surface area contributed by atoms with Crippen molar-refractivity contribution in [3.8, 4) is 0 Å². The first-order valence-corrected chi connectivity index (χ1v) is 5.52. The molecule has 0 aromatic carbocycles. The molecule has 0 aliphatic carbocycles. The summed E-state index contributed by atoms with van der Waals surface area (Å²) in [5, 5.41) is 0. The van der Waals surface area contributed by atoms with Gasteiger partial charge in [0.25, 0.3) is 0 Å². The molecule has 0 bridgehead atoms. The number of hydrogen-bond acceptors (Lipinski definition) is 2. The van der Waals surface area contributed by atoms with E-state index in [-0.39, 0.29) is 0 Å². The second-order valence-electron chi connectivity index (χ2n) is 2.71. The average Bonchev–Trinajstić information content (AvgIpc) is 2.12. The molecule has 1 unspecified atom stereocenters. The van der Waals surface area contributed by atoms with E-state index in [0.29, 0.717) is 6.10 Å². The van der Waals surface area contributed by atoms with Gasteiger partial charge in [-0.05, 0) is 13.3 Å². The lowest BCUT2D eigenvalue weighted by atomic mass is 10.6. The lowest BCUT2D eigenvalue weighted by Crippen LogP contribution is -1.93. The maximum absolute atomic E-state index is 11.0. The predicted octanol–water partition coefficient (Wildman–Crippen LogP) is 1.01. The van der Waals surface area contributed by atoms with Crippen molar-refractivity contribution in [3.63, 3.8) is 0 Å². The van der Waals surface area contributed by atoms with E-state index in [1.165, 1.54) is 0 Å². The zero-order chi connectivity index (χ0) is 6.20. The summed E-state index contributed by atoms with van der Waals surface area (Å²) in [6.07, 6.45) is 1.10. The molecule has 1 fully saturated rings. The predicted molar refractivity (Wildman–Crippen MR) is 34.1 cm³/mol. The van der Waals surface area contributed by atoms with Crippen molar-refractivity contribution in [1.29, 1.82) is 0 Å². The van der Waals surface area contributed by atoms with Crippen LogP contribution in [0.4, 0.5) is 0 Å². The molecule has 2 nitrogen and oxygen atoms in total. The molecule has 0 aromatic rings. The van der Waals surface area contributed by atoms with Gasteiger partial charge in [-0.3, -0.25) is 0 Å². The summed E-state index contributed by atoms with van der Waals surface area (Å²) < 4.78 is 15.9. The van der Waals surface area contributed by atoms with E-state index in [4.69, 9.17) is 4.74 Å². The van der Waals surface area contributed by atoms with Gasteiger partial charge in [0.15, 0.2) is 0 Å². The highest BCUT2D eigenvalue weighted by molar-refractivity contribution is 7.62. The molecule has 0 radical (unpaired) electrons. The molecule has 1 aliphatic rings. The van der Waals surface area contributed by atoms with Gasteiger partial charge in [-0.15, -0.1) is 0 Å². The Morgan fingerprint density at radius 2 is 2.25 bits per heavy atom.